The summed E-state index contributed by atoms with van der Waals surface area (Å²) in [5.74, 6) is 1.82. The van der Waals surface area contributed by atoms with E-state index in [1.54, 1.807) is 14.2 Å². The molecule has 202 valence electrons. The Morgan fingerprint density at radius 2 is 1.42 bits per heavy atom. The first-order valence-corrected chi connectivity index (χ1v) is 13.1. The molecule has 2 aliphatic rings. The highest BCUT2D eigenvalue weighted by Gasteiger charge is 2.57. The predicted octanol–water partition coefficient (Wildman–Crippen LogP) is 5.35. The van der Waals surface area contributed by atoms with Crippen LogP contribution in [0.15, 0.2) is 66.9 Å². The summed E-state index contributed by atoms with van der Waals surface area (Å²) in [6.45, 7) is 7.25. The first-order valence-electron chi connectivity index (χ1n) is 13.1. The van der Waals surface area contributed by atoms with Gasteiger partial charge in [0.25, 0.3) is 0 Å². The van der Waals surface area contributed by atoms with E-state index in [0.29, 0.717) is 13.1 Å². The van der Waals surface area contributed by atoms with Crippen LogP contribution in [0.1, 0.15) is 49.9 Å². The van der Waals surface area contributed by atoms with Crippen LogP contribution in [0, 0.1) is 0 Å². The van der Waals surface area contributed by atoms with Crippen molar-refractivity contribution in [2.24, 2.45) is 0 Å². The summed E-state index contributed by atoms with van der Waals surface area (Å²) in [5, 5.41) is 12.4. The quantitative estimate of drug-likeness (QED) is 0.406. The van der Waals surface area contributed by atoms with Crippen molar-refractivity contribution in [1.29, 1.82) is 0 Å². The maximum absolute atomic E-state index is 11.0. The Hall–Kier alpha value is -3.17. The van der Waals surface area contributed by atoms with E-state index in [2.05, 4.69) is 36.1 Å². The summed E-state index contributed by atoms with van der Waals surface area (Å²) in [4.78, 5) is 7.09. The molecule has 2 fully saturated rings. The number of rotatable bonds is 9. The minimum Gasteiger partial charge on any atom is -0.497 e. The van der Waals surface area contributed by atoms with E-state index in [9.17, 15) is 5.21 Å². The lowest BCUT2D eigenvalue weighted by atomic mass is 10.0. The average molecular weight is 520 g/mol. The van der Waals surface area contributed by atoms with E-state index >= 15 is 0 Å². The molecule has 2 aromatic carbocycles. The summed E-state index contributed by atoms with van der Waals surface area (Å²) < 4.78 is 23.0. The number of aromatic nitrogens is 1. The van der Waals surface area contributed by atoms with Gasteiger partial charge in [-0.05, 0) is 67.3 Å². The van der Waals surface area contributed by atoms with Crippen LogP contribution in [0.5, 0.6) is 11.5 Å². The molecule has 0 unspecified atom stereocenters. The average Bonchev–Trinajstić information content (AvgIpc) is 3.36. The van der Waals surface area contributed by atoms with Gasteiger partial charge in [0.1, 0.15) is 29.5 Å². The van der Waals surface area contributed by atoms with E-state index in [1.165, 1.54) is 5.06 Å². The molecule has 8 nitrogen and oxygen atoms in total. The third-order valence-electron chi connectivity index (χ3n) is 7.40. The topological polar surface area (TPSA) is 76.5 Å². The summed E-state index contributed by atoms with van der Waals surface area (Å²) in [5.41, 5.74) is 3.20. The molecule has 0 spiro atoms. The van der Waals surface area contributed by atoms with Gasteiger partial charge in [0, 0.05) is 19.3 Å². The SMILES string of the molecule is CC[C@@H]1[C@H]2OC(C)(C)O[C@H]2[C@H](c2ccc(N(Cc3ccc(OC)cc3)Cc3ccc(OC)cc3)nc2)N1O. The first kappa shape index (κ1) is 26.4. The van der Waals surface area contributed by atoms with E-state index in [0.717, 1.165) is 40.4 Å². The van der Waals surface area contributed by atoms with Gasteiger partial charge in [0.2, 0.25) is 0 Å². The van der Waals surface area contributed by atoms with Crippen molar-refractivity contribution < 1.29 is 24.2 Å². The van der Waals surface area contributed by atoms with Crippen LogP contribution < -0.4 is 14.4 Å². The zero-order valence-corrected chi connectivity index (χ0v) is 22.7. The predicted molar refractivity (Wildman–Crippen MR) is 144 cm³/mol. The highest BCUT2D eigenvalue weighted by Crippen LogP contribution is 2.46. The molecule has 0 aliphatic carbocycles. The van der Waals surface area contributed by atoms with Crippen molar-refractivity contribution in [3.8, 4) is 11.5 Å². The monoisotopic (exact) mass is 519 g/mol. The van der Waals surface area contributed by atoms with Gasteiger partial charge >= 0.3 is 0 Å². The largest absolute Gasteiger partial charge is 0.497 e. The molecule has 5 rings (SSSR count). The van der Waals surface area contributed by atoms with Crippen LogP contribution in [0.3, 0.4) is 0 Å². The molecular weight excluding hydrogens is 482 g/mol. The molecule has 4 atom stereocenters. The Kier molecular flexibility index (Phi) is 7.59. The standard InChI is InChI=1S/C30H37N3O5/c1-6-25-28-29(38-30(2,3)37-28)27(33(25)34)22-11-16-26(31-17-22)32(18-20-7-12-23(35-4)13-8-20)19-21-9-14-24(36-5)15-10-21/h7-17,25,27-29,34H,6,18-19H2,1-5H3/t25-,27+,28-,29+/m1/s1. The summed E-state index contributed by atoms with van der Waals surface area (Å²) in [6, 6.07) is 19.7. The fourth-order valence-corrected chi connectivity index (χ4v) is 5.51. The second-order valence-electron chi connectivity index (χ2n) is 10.4. The second-order valence-corrected chi connectivity index (χ2v) is 10.4. The first-order chi connectivity index (χ1) is 18.3. The van der Waals surface area contributed by atoms with Crippen molar-refractivity contribution in [2.45, 2.75) is 70.4 Å². The van der Waals surface area contributed by atoms with Crippen molar-refractivity contribution in [1.82, 2.24) is 10.0 Å². The number of hydroxylamine groups is 2. The van der Waals surface area contributed by atoms with E-state index in [1.807, 2.05) is 56.4 Å². The molecule has 1 aromatic heterocycles. The number of fused-ring (bicyclic) bond motifs is 1. The maximum atomic E-state index is 11.0. The molecule has 3 aromatic rings. The normalized spacial score (nSPS) is 24.3. The molecule has 0 saturated carbocycles. The molecule has 2 saturated heterocycles. The minimum atomic E-state index is -0.677. The molecule has 3 heterocycles. The van der Waals surface area contributed by atoms with Crippen LogP contribution in [0.25, 0.3) is 0 Å². The fraction of sp³-hybridized carbons (Fsp3) is 0.433. The number of nitrogens with zero attached hydrogens (tertiary/aromatic N) is 3. The number of benzene rings is 2. The molecule has 2 aliphatic heterocycles. The van der Waals surface area contributed by atoms with Crippen molar-refractivity contribution in [2.75, 3.05) is 19.1 Å². The van der Waals surface area contributed by atoms with Crippen LogP contribution >= 0.6 is 0 Å². The van der Waals surface area contributed by atoms with E-state index in [-0.39, 0.29) is 24.3 Å². The molecule has 38 heavy (non-hydrogen) atoms. The second kappa shape index (κ2) is 10.9. The van der Waals surface area contributed by atoms with Crippen molar-refractivity contribution in [3.63, 3.8) is 0 Å². The Morgan fingerprint density at radius 1 is 0.868 bits per heavy atom. The number of hydrogen-bond donors (Lipinski definition) is 1. The van der Waals surface area contributed by atoms with Crippen LogP contribution in [0.2, 0.25) is 0 Å². The van der Waals surface area contributed by atoms with Gasteiger partial charge in [0.05, 0.1) is 26.3 Å². The number of pyridine rings is 1. The molecule has 0 bridgehead atoms. The van der Waals surface area contributed by atoms with Gasteiger partial charge in [-0.25, -0.2) is 4.98 Å². The minimum absolute atomic E-state index is 0.131. The molecule has 1 N–H and O–H groups in total. The van der Waals surface area contributed by atoms with E-state index in [4.69, 9.17) is 23.9 Å². The molecular formula is C30H37N3O5. The van der Waals surface area contributed by atoms with Gasteiger partial charge < -0.3 is 29.1 Å². The number of ether oxygens (including phenoxy) is 4. The molecule has 8 heteroatoms. The van der Waals surface area contributed by atoms with Gasteiger partial charge in [0.15, 0.2) is 5.79 Å². The number of anilines is 1. The number of hydrogen-bond acceptors (Lipinski definition) is 8. The van der Waals surface area contributed by atoms with Crippen molar-refractivity contribution in [3.05, 3.63) is 83.6 Å². The Morgan fingerprint density at radius 3 is 1.89 bits per heavy atom. The molecule has 0 amide bonds. The maximum Gasteiger partial charge on any atom is 0.163 e. The summed E-state index contributed by atoms with van der Waals surface area (Å²) in [7, 11) is 3.34. The summed E-state index contributed by atoms with van der Waals surface area (Å²) >= 11 is 0. The van der Waals surface area contributed by atoms with Gasteiger partial charge in [-0.15, -0.1) is 0 Å². The Bertz CT molecular complexity index is 1150. The highest BCUT2D eigenvalue weighted by molar-refractivity contribution is 5.43. The zero-order chi connectivity index (χ0) is 26.9. The summed E-state index contributed by atoms with van der Waals surface area (Å²) in [6.07, 6.45) is 2.16. The van der Waals surface area contributed by atoms with Crippen LogP contribution in [-0.2, 0) is 22.6 Å². The lowest BCUT2D eigenvalue weighted by Crippen LogP contribution is -2.37. The lowest BCUT2D eigenvalue weighted by Gasteiger charge is -2.29. The smallest absolute Gasteiger partial charge is 0.163 e. The van der Waals surface area contributed by atoms with Gasteiger partial charge in [-0.1, -0.05) is 37.3 Å². The van der Waals surface area contributed by atoms with Gasteiger partial charge in [-0.2, -0.15) is 5.06 Å². The Labute approximate surface area is 224 Å². The molecule has 0 radical (unpaired) electrons. The van der Waals surface area contributed by atoms with Crippen LogP contribution in [-0.4, -0.2) is 53.5 Å². The Balaban J connectivity index is 1.41. The highest BCUT2D eigenvalue weighted by atomic mass is 16.8. The fourth-order valence-electron chi connectivity index (χ4n) is 5.51. The van der Waals surface area contributed by atoms with E-state index < -0.39 is 5.79 Å². The lowest BCUT2D eigenvalue weighted by molar-refractivity contribution is -0.217. The van der Waals surface area contributed by atoms with Gasteiger partial charge in [-0.3, -0.25) is 0 Å². The third-order valence-corrected chi connectivity index (χ3v) is 7.40. The van der Waals surface area contributed by atoms with Crippen LogP contribution in [0.4, 0.5) is 5.82 Å². The third kappa shape index (κ3) is 5.35. The number of methoxy groups -OCH3 is 2. The van der Waals surface area contributed by atoms with Crippen molar-refractivity contribution >= 4 is 5.82 Å². The zero-order valence-electron chi connectivity index (χ0n) is 22.7.